The lowest BCUT2D eigenvalue weighted by molar-refractivity contribution is -0.137. The Bertz CT molecular complexity index is 1480. The molecular weight excluding hydrogens is 462 g/mol. The number of aromatic nitrogens is 2. The van der Waals surface area contributed by atoms with Crippen molar-refractivity contribution >= 4 is 44.6 Å². The summed E-state index contributed by atoms with van der Waals surface area (Å²) in [6, 6.07) is 15.5. The van der Waals surface area contributed by atoms with E-state index in [2.05, 4.69) is 9.88 Å². The highest BCUT2D eigenvalue weighted by atomic mass is 32.1. The third-order valence-corrected chi connectivity index (χ3v) is 7.71. The van der Waals surface area contributed by atoms with E-state index < -0.39 is 0 Å². The van der Waals surface area contributed by atoms with E-state index in [0.29, 0.717) is 44.2 Å². The van der Waals surface area contributed by atoms with Crippen LogP contribution in [0.4, 0.5) is 5.69 Å². The second-order valence-electron chi connectivity index (χ2n) is 9.15. The van der Waals surface area contributed by atoms with E-state index in [9.17, 15) is 14.4 Å². The first kappa shape index (κ1) is 21.9. The van der Waals surface area contributed by atoms with Crippen LogP contribution in [0.1, 0.15) is 12.1 Å². The van der Waals surface area contributed by atoms with Gasteiger partial charge in [0.05, 0.1) is 17.3 Å². The Morgan fingerprint density at radius 1 is 1.03 bits per heavy atom. The standard InChI is InChI=1S/C26H25N5O3S/c32-23-14-19(16-31(23)22-7-3-5-18-4-1-2-6-21(18)22)25(34)29-10-8-28(9-11-29)17-20-15-24(33)30-12-13-35-26(30)27-20/h1-7,12-13,15,19H,8-11,14,16-17H2/t19-/m1/s1. The minimum absolute atomic E-state index is 0.000306. The quantitative estimate of drug-likeness (QED) is 0.442. The monoisotopic (exact) mass is 487 g/mol. The van der Waals surface area contributed by atoms with E-state index in [1.165, 1.54) is 11.3 Å². The number of carbonyl (C=O) groups excluding carboxylic acids is 2. The molecule has 0 spiro atoms. The summed E-state index contributed by atoms with van der Waals surface area (Å²) in [5.41, 5.74) is 1.56. The first-order valence-electron chi connectivity index (χ1n) is 11.8. The van der Waals surface area contributed by atoms with Crippen molar-refractivity contribution in [3.8, 4) is 0 Å². The van der Waals surface area contributed by atoms with Crippen molar-refractivity contribution in [2.45, 2.75) is 13.0 Å². The maximum atomic E-state index is 13.3. The van der Waals surface area contributed by atoms with Crippen LogP contribution >= 0.6 is 11.3 Å². The van der Waals surface area contributed by atoms with Crippen molar-refractivity contribution in [2.24, 2.45) is 5.92 Å². The van der Waals surface area contributed by atoms with Crippen molar-refractivity contribution in [3.05, 3.63) is 76.2 Å². The van der Waals surface area contributed by atoms with Gasteiger partial charge >= 0.3 is 0 Å². The Kier molecular flexibility index (Phi) is 5.58. The van der Waals surface area contributed by atoms with Gasteiger partial charge in [0.15, 0.2) is 4.96 Å². The van der Waals surface area contributed by atoms with Gasteiger partial charge in [0.2, 0.25) is 11.8 Å². The summed E-state index contributed by atoms with van der Waals surface area (Å²) >= 11 is 1.44. The molecule has 8 nitrogen and oxygen atoms in total. The van der Waals surface area contributed by atoms with Gasteiger partial charge in [-0.2, -0.15) is 0 Å². The number of anilines is 1. The number of hydrogen-bond acceptors (Lipinski definition) is 6. The fourth-order valence-electron chi connectivity index (χ4n) is 5.13. The average molecular weight is 488 g/mol. The number of amides is 2. The number of carbonyl (C=O) groups is 2. The Labute approximate surface area is 206 Å². The van der Waals surface area contributed by atoms with Gasteiger partial charge in [-0.05, 0) is 11.5 Å². The summed E-state index contributed by atoms with van der Waals surface area (Å²) in [4.78, 5) is 49.6. The third-order valence-electron chi connectivity index (χ3n) is 6.96. The summed E-state index contributed by atoms with van der Waals surface area (Å²) in [6.45, 7) is 3.65. The number of nitrogens with zero attached hydrogens (tertiary/aromatic N) is 5. The molecule has 2 aliphatic rings. The van der Waals surface area contributed by atoms with Gasteiger partial charge in [-0.3, -0.25) is 23.7 Å². The van der Waals surface area contributed by atoms with E-state index in [1.807, 2.05) is 52.7 Å². The normalized spacial score (nSPS) is 19.2. The van der Waals surface area contributed by atoms with Crippen LogP contribution in [-0.4, -0.2) is 63.7 Å². The van der Waals surface area contributed by atoms with Crippen molar-refractivity contribution in [1.82, 2.24) is 19.2 Å². The highest BCUT2D eigenvalue weighted by Crippen LogP contribution is 2.32. The molecule has 1 atom stereocenters. The third kappa shape index (κ3) is 4.11. The molecule has 0 aliphatic carbocycles. The van der Waals surface area contributed by atoms with Crippen molar-refractivity contribution in [1.29, 1.82) is 0 Å². The number of rotatable bonds is 4. The lowest BCUT2D eigenvalue weighted by Crippen LogP contribution is -2.50. The number of hydrogen-bond donors (Lipinski definition) is 0. The Morgan fingerprint density at radius 2 is 1.83 bits per heavy atom. The molecule has 6 rings (SSSR count). The zero-order chi connectivity index (χ0) is 23.9. The van der Waals surface area contributed by atoms with Crippen LogP contribution in [-0.2, 0) is 16.1 Å². The zero-order valence-electron chi connectivity index (χ0n) is 19.2. The number of piperazine rings is 1. The predicted molar refractivity (Wildman–Crippen MR) is 136 cm³/mol. The maximum absolute atomic E-state index is 13.3. The summed E-state index contributed by atoms with van der Waals surface area (Å²) in [6.07, 6.45) is 1.98. The summed E-state index contributed by atoms with van der Waals surface area (Å²) < 4.78 is 1.55. The van der Waals surface area contributed by atoms with E-state index in [-0.39, 0.29) is 29.7 Å². The van der Waals surface area contributed by atoms with Crippen LogP contribution in [0.5, 0.6) is 0 Å². The Hall–Kier alpha value is -3.56. The van der Waals surface area contributed by atoms with Gasteiger partial charge in [-0.1, -0.05) is 36.4 Å². The van der Waals surface area contributed by atoms with Gasteiger partial charge < -0.3 is 9.80 Å². The SMILES string of the molecule is O=C([C@@H]1CC(=O)N(c2cccc3ccccc23)C1)N1CCN(Cc2cc(=O)n3ccsc3n2)CC1. The fraction of sp³-hybridized carbons (Fsp3) is 0.308. The molecule has 0 N–H and O–H groups in total. The molecule has 2 aliphatic heterocycles. The summed E-state index contributed by atoms with van der Waals surface area (Å²) in [7, 11) is 0. The second kappa shape index (κ2) is 8.90. The molecule has 2 aromatic carbocycles. The van der Waals surface area contributed by atoms with Gasteiger partial charge in [-0.15, -0.1) is 11.3 Å². The second-order valence-corrected chi connectivity index (χ2v) is 10.0. The van der Waals surface area contributed by atoms with Gasteiger partial charge in [0, 0.05) is 68.7 Å². The number of benzene rings is 2. The molecule has 2 amide bonds. The molecule has 2 fully saturated rings. The highest BCUT2D eigenvalue weighted by molar-refractivity contribution is 7.15. The van der Waals surface area contributed by atoms with Crippen LogP contribution in [0.2, 0.25) is 0 Å². The molecule has 0 radical (unpaired) electrons. The topological polar surface area (TPSA) is 78.2 Å². The molecule has 2 saturated heterocycles. The lowest BCUT2D eigenvalue weighted by Gasteiger charge is -2.35. The predicted octanol–water partition coefficient (Wildman–Crippen LogP) is 2.61. The van der Waals surface area contributed by atoms with Gasteiger partial charge in [0.25, 0.3) is 5.56 Å². The fourth-order valence-corrected chi connectivity index (χ4v) is 5.87. The molecule has 0 unspecified atom stereocenters. The minimum Gasteiger partial charge on any atom is -0.340 e. The van der Waals surface area contributed by atoms with Crippen LogP contribution in [0.15, 0.2) is 64.9 Å². The first-order chi connectivity index (χ1) is 17.1. The molecule has 4 aromatic rings. The van der Waals surface area contributed by atoms with E-state index in [1.54, 1.807) is 21.6 Å². The first-order valence-corrected chi connectivity index (χ1v) is 12.7. The molecule has 0 saturated carbocycles. The zero-order valence-corrected chi connectivity index (χ0v) is 20.0. The smallest absolute Gasteiger partial charge is 0.258 e. The maximum Gasteiger partial charge on any atom is 0.258 e. The Morgan fingerprint density at radius 3 is 2.69 bits per heavy atom. The van der Waals surface area contributed by atoms with Gasteiger partial charge in [0.1, 0.15) is 0 Å². The average Bonchev–Trinajstić information content (AvgIpc) is 3.51. The van der Waals surface area contributed by atoms with Crippen LogP contribution in [0, 0.1) is 5.92 Å². The van der Waals surface area contributed by atoms with E-state index in [4.69, 9.17) is 0 Å². The molecular formula is C26H25N5O3S. The van der Waals surface area contributed by atoms with E-state index in [0.717, 1.165) is 22.2 Å². The number of fused-ring (bicyclic) bond motifs is 2. The highest BCUT2D eigenvalue weighted by Gasteiger charge is 2.38. The molecule has 35 heavy (non-hydrogen) atoms. The molecule has 178 valence electrons. The summed E-state index contributed by atoms with van der Waals surface area (Å²) in [5.74, 6) is -0.271. The number of thiazole rings is 1. The van der Waals surface area contributed by atoms with Crippen molar-refractivity contribution in [2.75, 3.05) is 37.6 Å². The van der Waals surface area contributed by atoms with E-state index >= 15 is 0 Å². The molecule has 2 aromatic heterocycles. The molecule has 4 heterocycles. The summed E-state index contributed by atoms with van der Waals surface area (Å²) in [5, 5.41) is 3.96. The van der Waals surface area contributed by atoms with Crippen LogP contribution in [0.25, 0.3) is 15.7 Å². The van der Waals surface area contributed by atoms with Crippen molar-refractivity contribution < 1.29 is 9.59 Å². The lowest BCUT2D eigenvalue weighted by atomic mass is 10.1. The van der Waals surface area contributed by atoms with Crippen LogP contribution in [0.3, 0.4) is 0 Å². The minimum atomic E-state index is -0.323. The Balaban J connectivity index is 1.10. The van der Waals surface area contributed by atoms with Crippen LogP contribution < -0.4 is 10.5 Å². The molecule has 9 heteroatoms. The largest absolute Gasteiger partial charge is 0.340 e. The van der Waals surface area contributed by atoms with Crippen molar-refractivity contribution in [3.63, 3.8) is 0 Å². The van der Waals surface area contributed by atoms with Gasteiger partial charge in [-0.25, -0.2) is 4.98 Å². The molecule has 0 bridgehead atoms.